The Balaban J connectivity index is 1.29. The van der Waals surface area contributed by atoms with Crippen LogP contribution in [0.2, 0.25) is 0 Å². The molecule has 4 heteroatoms. The number of rotatable bonds is 8. The van der Waals surface area contributed by atoms with E-state index in [0.717, 1.165) is 44.6 Å². The van der Waals surface area contributed by atoms with Crippen LogP contribution in [0.1, 0.15) is 23.6 Å². The lowest BCUT2D eigenvalue weighted by molar-refractivity contribution is 0.455. The lowest BCUT2D eigenvalue weighted by atomic mass is 9.79. The molecular weight excluding hydrogens is 597 g/mol. The molecule has 0 fully saturated rings. The van der Waals surface area contributed by atoms with Crippen molar-refractivity contribution >= 4 is 27.6 Å². The molecule has 0 radical (unpaired) electrons. The summed E-state index contributed by atoms with van der Waals surface area (Å²) in [6.07, 6.45) is 0. The van der Waals surface area contributed by atoms with Gasteiger partial charge in [0, 0.05) is 22.0 Å². The van der Waals surface area contributed by atoms with E-state index in [0.29, 0.717) is 5.84 Å². The van der Waals surface area contributed by atoms with Crippen LogP contribution in [0.5, 0.6) is 0 Å². The van der Waals surface area contributed by atoms with Crippen molar-refractivity contribution < 1.29 is 0 Å². The zero-order valence-electron chi connectivity index (χ0n) is 27.3. The summed E-state index contributed by atoms with van der Waals surface area (Å²) in [7, 11) is 0. The van der Waals surface area contributed by atoms with Gasteiger partial charge in [0.25, 0.3) is 0 Å². The van der Waals surface area contributed by atoms with Gasteiger partial charge in [0.05, 0.1) is 11.0 Å². The van der Waals surface area contributed by atoms with Crippen LogP contribution in [-0.4, -0.2) is 10.4 Å². The molecule has 4 nitrogen and oxygen atoms in total. The van der Waals surface area contributed by atoms with Crippen molar-refractivity contribution in [3.63, 3.8) is 0 Å². The second-order valence-corrected chi connectivity index (χ2v) is 12.5. The number of hydrogen-bond donors (Lipinski definition) is 2. The van der Waals surface area contributed by atoms with Gasteiger partial charge in [-0.2, -0.15) is 5.10 Å². The molecule has 236 valence electrons. The first-order valence-corrected chi connectivity index (χ1v) is 16.6. The maximum Gasteiger partial charge on any atom is 0.150 e. The highest BCUT2D eigenvalue weighted by Gasteiger charge is 2.32. The molecule has 3 N–H and O–H groups in total. The van der Waals surface area contributed by atoms with E-state index in [2.05, 4.69) is 163 Å². The third-order valence-corrected chi connectivity index (χ3v) is 9.50. The van der Waals surface area contributed by atoms with Gasteiger partial charge in [0.1, 0.15) is 5.54 Å². The molecule has 1 heterocycles. The maximum absolute atomic E-state index is 6.52. The maximum atomic E-state index is 6.52. The Morgan fingerprint density at radius 2 is 1.12 bits per heavy atom. The molecule has 0 aliphatic carbocycles. The zero-order chi connectivity index (χ0) is 33.2. The highest BCUT2D eigenvalue weighted by Crippen LogP contribution is 2.42. The molecule has 49 heavy (non-hydrogen) atoms. The number of para-hydroxylation sites is 2. The quantitative estimate of drug-likeness (QED) is 0.0995. The van der Waals surface area contributed by atoms with Gasteiger partial charge in [-0.15, -0.1) is 0 Å². The third-order valence-electron chi connectivity index (χ3n) is 9.50. The standard InChI is InChI=1S/C45H36N4/c1-45(34-19-7-3-8-20-34,48-47-44(46)32-17-5-2-6-18-32)41-27-15-13-25-38(41)37-24-12-11-23-36(37)33-29-30-43-40(31-33)39-26-14-16-28-42(39)49(43)35-21-9-4-10-22-35/h2-31,48H,1H3,(H2,46,47). The van der Waals surface area contributed by atoms with Crippen LogP contribution in [0, 0.1) is 0 Å². The van der Waals surface area contributed by atoms with Crippen LogP contribution < -0.4 is 11.2 Å². The Labute approximate surface area is 286 Å². The van der Waals surface area contributed by atoms with Gasteiger partial charge in [-0.25, -0.2) is 0 Å². The summed E-state index contributed by atoms with van der Waals surface area (Å²) in [6.45, 7) is 2.18. The molecule has 0 saturated heterocycles. The number of hydrazone groups is 1. The molecule has 0 aliphatic rings. The number of benzene rings is 7. The molecule has 1 unspecified atom stereocenters. The van der Waals surface area contributed by atoms with Crippen molar-refractivity contribution in [3.05, 3.63) is 199 Å². The third kappa shape index (κ3) is 5.43. The SMILES string of the molecule is CC(N/N=C(\N)c1ccccc1)(c1ccccc1)c1ccccc1-c1ccccc1-c1ccc2c(c1)c1ccccc1n2-c1ccccc1. The second kappa shape index (κ2) is 12.7. The minimum absolute atomic E-state index is 0.434. The van der Waals surface area contributed by atoms with Crippen LogP contribution in [0.15, 0.2) is 187 Å². The van der Waals surface area contributed by atoms with Gasteiger partial charge in [-0.1, -0.05) is 152 Å². The van der Waals surface area contributed by atoms with Crippen molar-refractivity contribution in [2.24, 2.45) is 10.8 Å². The van der Waals surface area contributed by atoms with Gasteiger partial charge in [0.15, 0.2) is 5.84 Å². The summed E-state index contributed by atoms with van der Waals surface area (Å²) in [5.41, 5.74) is 20.5. The lowest BCUT2D eigenvalue weighted by Crippen LogP contribution is -2.39. The number of fused-ring (bicyclic) bond motifs is 3. The van der Waals surface area contributed by atoms with Crippen molar-refractivity contribution in [2.75, 3.05) is 0 Å². The number of nitrogens with one attached hydrogen (secondary N) is 1. The molecule has 1 aromatic heterocycles. The lowest BCUT2D eigenvalue weighted by Gasteiger charge is -2.33. The van der Waals surface area contributed by atoms with E-state index in [9.17, 15) is 0 Å². The van der Waals surface area contributed by atoms with E-state index in [1.165, 1.54) is 21.8 Å². The molecule has 0 amide bonds. The Morgan fingerprint density at radius 3 is 1.88 bits per heavy atom. The Kier molecular flexibility index (Phi) is 7.75. The van der Waals surface area contributed by atoms with Gasteiger partial charge >= 0.3 is 0 Å². The van der Waals surface area contributed by atoms with Crippen molar-refractivity contribution in [3.8, 4) is 27.9 Å². The minimum Gasteiger partial charge on any atom is -0.382 e. The predicted molar refractivity (Wildman–Crippen MR) is 205 cm³/mol. The van der Waals surface area contributed by atoms with Crippen LogP contribution >= 0.6 is 0 Å². The summed E-state index contributed by atoms with van der Waals surface area (Å²) < 4.78 is 2.36. The van der Waals surface area contributed by atoms with Gasteiger partial charge in [-0.05, 0) is 70.6 Å². The molecule has 0 bridgehead atoms. The molecule has 8 rings (SSSR count). The van der Waals surface area contributed by atoms with Gasteiger partial charge in [0.2, 0.25) is 0 Å². The fraction of sp³-hybridized carbons (Fsp3) is 0.0444. The van der Waals surface area contributed by atoms with E-state index < -0.39 is 5.54 Å². The number of hydrogen-bond acceptors (Lipinski definition) is 2. The summed E-state index contributed by atoms with van der Waals surface area (Å²) in [6, 6.07) is 63.7. The number of aromatic nitrogens is 1. The first kappa shape index (κ1) is 30.0. The summed E-state index contributed by atoms with van der Waals surface area (Å²) in [5, 5.41) is 7.22. The largest absolute Gasteiger partial charge is 0.382 e. The predicted octanol–water partition coefficient (Wildman–Crippen LogP) is 10.3. The Bertz CT molecular complexity index is 2430. The molecule has 0 saturated carbocycles. The van der Waals surface area contributed by atoms with E-state index >= 15 is 0 Å². The first-order chi connectivity index (χ1) is 24.1. The summed E-state index contributed by atoms with van der Waals surface area (Å²) >= 11 is 0. The summed E-state index contributed by atoms with van der Waals surface area (Å²) in [5.74, 6) is 0.434. The molecule has 0 spiro atoms. The summed E-state index contributed by atoms with van der Waals surface area (Å²) in [4.78, 5) is 0. The highest BCUT2D eigenvalue weighted by molar-refractivity contribution is 6.10. The van der Waals surface area contributed by atoms with Gasteiger partial charge < -0.3 is 10.3 Å². The van der Waals surface area contributed by atoms with E-state index in [1.807, 2.05) is 36.4 Å². The van der Waals surface area contributed by atoms with E-state index in [-0.39, 0.29) is 0 Å². The van der Waals surface area contributed by atoms with E-state index in [4.69, 9.17) is 10.8 Å². The van der Waals surface area contributed by atoms with Crippen LogP contribution in [0.4, 0.5) is 0 Å². The van der Waals surface area contributed by atoms with Crippen molar-refractivity contribution in [2.45, 2.75) is 12.5 Å². The van der Waals surface area contributed by atoms with E-state index in [1.54, 1.807) is 0 Å². The number of amidine groups is 1. The van der Waals surface area contributed by atoms with Gasteiger partial charge in [-0.3, -0.25) is 5.43 Å². The molecule has 8 aromatic rings. The fourth-order valence-corrected chi connectivity index (χ4v) is 7.02. The Hall–Kier alpha value is -6.39. The van der Waals surface area contributed by atoms with Crippen LogP contribution in [-0.2, 0) is 5.54 Å². The molecular formula is C45H36N4. The first-order valence-electron chi connectivity index (χ1n) is 16.6. The zero-order valence-corrected chi connectivity index (χ0v) is 27.3. The molecule has 0 aliphatic heterocycles. The highest BCUT2D eigenvalue weighted by atomic mass is 15.3. The molecule has 1 atom stereocenters. The number of nitrogens with two attached hydrogens (primary N) is 1. The second-order valence-electron chi connectivity index (χ2n) is 12.5. The minimum atomic E-state index is -0.697. The average Bonchev–Trinajstić information content (AvgIpc) is 3.51. The van der Waals surface area contributed by atoms with Crippen molar-refractivity contribution in [1.82, 2.24) is 9.99 Å². The van der Waals surface area contributed by atoms with Crippen LogP contribution in [0.3, 0.4) is 0 Å². The topological polar surface area (TPSA) is 55.3 Å². The van der Waals surface area contributed by atoms with Crippen molar-refractivity contribution in [1.29, 1.82) is 0 Å². The Morgan fingerprint density at radius 1 is 0.551 bits per heavy atom. The number of nitrogens with zero attached hydrogens (tertiary/aromatic N) is 2. The average molecular weight is 633 g/mol. The normalized spacial score (nSPS) is 13.0. The fourth-order valence-electron chi connectivity index (χ4n) is 7.02. The smallest absolute Gasteiger partial charge is 0.150 e. The molecule has 7 aromatic carbocycles. The van der Waals surface area contributed by atoms with Crippen LogP contribution in [0.25, 0.3) is 49.7 Å². The monoisotopic (exact) mass is 632 g/mol.